The second kappa shape index (κ2) is 7.47. The van der Waals surface area contributed by atoms with Gasteiger partial charge in [-0.2, -0.15) is 0 Å². The average molecular weight is 389 g/mol. The Balaban J connectivity index is 1.83. The fourth-order valence-electron chi connectivity index (χ4n) is 3.84. The van der Waals surface area contributed by atoms with Crippen molar-refractivity contribution in [1.82, 2.24) is 0 Å². The summed E-state index contributed by atoms with van der Waals surface area (Å²) in [4.78, 5) is 15.3. The summed E-state index contributed by atoms with van der Waals surface area (Å²) in [6.07, 6.45) is -0.347. The predicted octanol–water partition coefficient (Wildman–Crippen LogP) is 4.94. The van der Waals surface area contributed by atoms with Gasteiger partial charge in [0.1, 0.15) is 11.9 Å². The van der Waals surface area contributed by atoms with Gasteiger partial charge in [-0.3, -0.25) is 10.1 Å². The molecule has 0 atom stereocenters. The maximum atomic E-state index is 11.4. The largest absolute Gasteiger partial charge is 0.508 e. The topological polar surface area (TPSA) is 69.9 Å². The fraction of sp³-hybridized carbons (Fsp3) is 0.217. The highest BCUT2D eigenvalue weighted by atomic mass is 16.6. The minimum atomic E-state index is -0.426. The average Bonchev–Trinajstić information content (AvgIpc) is 3.14. The van der Waals surface area contributed by atoms with Crippen LogP contribution in [0.3, 0.4) is 0 Å². The molecule has 1 N–H and O–H groups in total. The molecule has 3 aromatic rings. The van der Waals surface area contributed by atoms with E-state index in [1.807, 2.05) is 38.1 Å². The van der Waals surface area contributed by atoms with E-state index in [2.05, 4.69) is 34.1 Å². The van der Waals surface area contributed by atoms with Crippen LogP contribution in [0.2, 0.25) is 0 Å². The van der Waals surface area contributed by atoms with Crippen molar-refractivity contribution in [2.75, 3.05) is 22.9 Å². The zero-order valence-corrected chi connectivity index (χ0v) is 16.4. The normalized spacial score (nSPS) is 14.4. The summed E-state index contributed by atoms with van der Waals surface area (Å²) in [7, 11) is 0. The van der Waals surface area contributed by atoms with Gasteiger partial charge < -0.3 is 14.9 Å². The minimum Gasteiger partial charge on any atom is -0.508 e. The molecular weight excluding hydrogens is 366 g/mol. The van der Waals surface area contributed by atoms with E-state index in [4.69, 9.17) is 0 Å². The molecule has 0 bridgehead atoms. The van der Waals surface area contributed by atoms with Crippen molar-refractivity contribution in [1.29, 1.82) is 0 Å². The van der Waals surface area contributed by atoms with E-state index in [-0.39, 0.29) is 17.6 Å². The Bertz CT molecular complexity index is 979. The number of hydrogen-bond donors (Lipinski definition) is 1. The number of benzene rings is 3. The van der Waals surface area contributed by atoms with E-state index < -0.39 is 4.92 Å². The number of aromatic hydroxyl groups is 1. The number of nitro groups is 1. The lowest BCUT2D eigenvalue weighted by molar-refractivity contribution is -0.385. The molecule has 148 valence electrons. The van der Waals surface area contributed by atoms with E-state index in [1.165, 1.54) is 18.2 Å². The molecule has 1 aliphatic heterocycles. The second-order valence-corrected chi connectivity index (χ2v) is 7.43. The number of rotatable bonds is 4. The fourth-order valence-corrected chi connectivity index (χ4v) is 3.84. The molecular formula is C23H23N3O3. The molecule has 1 heterocycles. The summed E-state index contributed by atoms with van der Waals surface area (Å²) in [5, 5.41) is 22.0. The van der Waals surface area contributed by atoms with Crippen molar-refractivity contribution in [3.63, 3.8) is 0 Å². The number of anilines is 2. The monoisotopic (exact) mass is 389 g/mol. The summed E-state index contributed by atoms with van der Waals surface area (Å²) in [6, 6.07) is 20.6. The van der Waals surface area contributed by atoms with Gasteiger partial charge in [-0.15, -0.1) is 0 Å². The van der Waals surface area contributed by atoms with Crippen LogP contribution in [0.15, 0.2) is 66.7 Å². The summed E-state index contributed by atoms with van der Waals surface area (Å²) < 4.78 is 0. The molecule has 1 saturated heterocycles. The van der Waals surface area contributed by atoms with Gasteiger partial charge in [0, 0.05) is 42.2 Å². The van der Waals surface area contributed by atoms with Crippen LogP contribution in [0.1, 0.15) is 22.9 Å². The Morgan fingerprint density at radius 3 is 1.79 bits per heavy atom. The highest BCUT2D eigenvalue weighted by Gasteiger charge is 2.36. The Morgan fingerprint density at radius 2 is 1.34 bits per heavy atom. The lowest BCUT2D eigenvalue weighted by Crippen LogP contribution is -2.31. The smallest absolute Gasteiger partial charge is 0.270 e. The van der Waals surface area contributed by atoms with Gasteiger partial charge in [-0.25, -0.2) is 0 Å². The standard InChI is InChI=1S/C23H23N3O3/c1-16-3-7-18(8-4-16)24-13-14-25(19-9-5-17(2)6-10-19)23(24)21-15-20(26(28)29)11-12-22(21)27/h3-12,15,23,27H,13-14H2,1-2H3. The van der Waals surface area contributed by atoms with Crippen LogP contribution in [-0.2, 0) is 0 Å². The van der Waals surface area contributed by atoms with E-state index in [0.717, 1.165) is 35.6 Å². The van der Waals surface area contributed by atoms with Crippen LogP contribution in [0.4, 0.5) is 17.1 Å². The third-order valence-corrected chi connectivity index (χ3v) is 5.40. The molecule has 1 aliphatic rings. The Hall–Kier alpha value is -3.54. The zero-order chi connectivity index (χ0) is 20.5. The molecule has 3 aromatic carbocycles. The van der Waals surface area contributed by atoms with Gasteiger partial charge in [0.25, 0.3) is 5.69 Å². The van der Waals surface area contributed by atoms with Crippen LogP contribution in [-0.4, -0.2) is 23.1 Å². The third-order valence-electron chi connectivity index (χ3n) is 5.40. The summed E-state index contributed by atoms with van der Waals surface area (Å²) in [5.74, 6) is 0.0525. The van der Waals surface area contributed by atoms with Crippen molar-refractivity contribution >= 4 is 17.1 Å². The highest BCUT2D eigenvalue weighted by molar-refractivity contribution is 5.62. The van der Waals surface area contributed by atoms with Crippen LogP contribution in [0, 0.1) is 24.0 Å². The Morgan fingerprint density at radius 1 is 0.862 bits per heavy atom. The number of nitrogens with zero attached hydrogens (tertiary/aromatic N) is 3. The molecule has 0 unspecified atom stereocenters. The Labute approximate surface area is 169 Å². The summed E-state index contributed by atoms with van der Waals surface area (Å²) in [5.41, 5.74) is 4.86. The zero-order valence-electron chi connectivity index (χ0n) is 16.4. The van der Waals surface area contributed by atoms with Crippen LogP contribution in [0.5, 0.6) is 5.75 Å². The molecule has 0 aromatic heterocycles. The summed E-state index contributed by atoms with van der Waals surface area (Å²) in [6.45, 7) is 5.56. The van der Waals surface area contributed by atoms with Crippen molar-refractivity contribution in [2.24, 2.45) is 0 Å². The molecule has 6 nitrogen and oxygen atoms in total. The lowest BCUT2D eigenvalue weighted by atomic mass is 10.1. The molecule has 6 heteroatoms. The number of non-ortho nitro benzene ring substituents is 1. The predicted molar refractivity (Wildman–Crippen MR) is 115 cm³/mol. The van der Waals surface area contributed by atoms with E-state index in [0.29, 0.717) is 5.56 Å². The van der Waals surface area contributed by atoms with E-state index in [1.54, 1.807) is 0 Å². The molecule has 0 amide bonds. The van der Waals surface area contributed by atoms with Crippen molar-refractivity contribution in [2.45, 2.75) is 20.0 Å². The molecule has 0 saturated carbocycles. The maximum Gasteiger partial charge on any atom is 0.270 e. The van der Waals surface area contributed by atoms with Crippen molar-refractivity contribution < 1.29 is 10.0 Å². The highest BCUT2D eigenvalue weighted by Crippen LogP contribution is 2.41. The van der Waals surface area contributed by atoms with Gasteiger partial charge >= 0.3 is 0 Å². The molecule has 29 heavy (non-hydrogen) atoms. The van der Waals surface area contributed by atoms with Crippen molar-refractivity contribution in [3.05, 3.63) is 93.5 Å². The Kier molecular flexibility index (Phi) is 4.84. The van der Waals surface area contributed by atoms with Gasteiger partial charge in [-0.1, -0.05) is 35.4 Å². The first-order valence-electron chi connectivity index (χ1n) is 9.58. The SMILES string of the molecule is Cc1ccc(N2CCN(c3ccc(C)cc3)C2c2cc([N+](=O)[O-])ccc2O)cc1. The molecule has 4 rings (SSSR count). The lowest BCUT2D eigenvalue weighted by Gasteiger charge is -2.33. The molecule has 0 radical (unpaired) electrons. The van der Waals surface area contributed by atoms with Crippen LogP contribution in [0.25, 0.3) is 0 Å². The number of phenolic OH excluding ortho intramolecular Hbond substituents is 1. The van der Waals surface area contributed by atoms with Crippen molar-refractivity contribution in [3.8, 4) is 5.75 Å². The molecule has 0 aliphatic carbocycles. The van der Waals surface area contributed by atoms with Gasteiger partial charge in [0.2, 0.25) is 0 Å². The number of aryl methyl sites for hydroxylation is 2. The first-order valence-corrected chi connectivity index (χ1v) is 9.58. The van der Waals surface area contributed by atoms with Crippen LogP contribution >= 0.6 is 0 Å². The van der Waals surface area contributed by atoms with E-state index >= 15 is 0 Å². The van der Waals surface area contributed by atoms with E-state index in [9.17, 15) is 15.2 Å². The first-order chi connectivity index (χ1) is 13.9. The minimum absolute atomic E-state index is 0.0302. The van der Waals surface area contributed by atoms with Gasteiger partial charge in [-0.05, 0) is 44.2 Å². The van der Waals surface area contributed by atoms with Crippen LogP contribution < -0.4 is 9.80 Å². The summed E-state index contributed by atoms with van der Waals surface area (Å²) >= 11 is 0. The number of hydrogen-bond acceptors (Lipinski definition) is 5. The maximum absolute atomic E-state index is 11.4. The quantitative estimate of drug-likeness (QED) is 0.505. The first kappa shape index (κ1) is 18.8. The molecule has 0 spiro atoms. The van der Waals surface area contributed by atoms with Gasteiger partial charge in [0.15, 0.2) is 0 Å². The molecule has 1 fully saturated rings. The third kappa shape index (κ3) is 3.61. The second-order valence-electron chi connectivity index (χ2n) is 7.43. The number of phenols is 1. The van der Waals surface area contributed by atoms with Gasteiger partial charge in [0.05, 0.1) is 4.92 Å². The number of nitro benzene ring substituents is 1.